The lowest BCUT2D eigenvalue weighted by molar-refractivity contribution is 0.0953. The van der Waals surface area contributed by atoms with Gasteiger partial charge in [-0.15, -0.1) is 11.6 Å². The van der Waals surface area contributed by atoms with E-state index in [1.807, 2.05) is 0 Å². The Hall–Kier alpha value is -0.440. The second kappa shape index (κ2) is 7.00. The molecular weight excluding hydrogens is 268 g/mol. The van der Waals surface area contributed by atoms with Gasteiger partial charge < -0.3 is 5.32 Å². The van der Waals surface area contributed by atoms with Crippen LogP contribution < -0.4 is 5.32 Å². The van der Waals surface area contributed by atoms with Crippen molar-refractivity contribution in [3.05, 3.63) is 33.8 Å². The number of nitrogens with one attached hydrogen (secondary N) is 1. The van der Waals surface area contributed by atoms with Gasteiger partial charge in [0.25, 0.3) is 5.91 Å². The number of hydrogen-bond acceptors (Lipinski definition) is 1. The highest BCUT2D eigenvalue weighted by Gasteiger charge is 2.09. The van der Waals surface area contributed by atoms with Gasteiger partial charge in [0, 0.05) is 17.4 Å². The van der Waals surface area contributed by atoms with Crippen LogP contribution in [0.5, 0.6) is 0 Å². The molecule has 0 atom stereocenters. The first-order valence-electron chi connectivity index (χ1n) is 4.94. The molecule has 0 heterocycles. The normalized spacial score (nSPS) is 10.2. The minimum atomic E-state index is -0.184. The van der Waals surface area contributed by atoms with Gasteiger partial charge >= 0.3 is 0 Å². The number of amides is 1. The summed E-state index contributed by atoms with van der Waals surface area (Å²) in [6, 6.07) is 4.81. The highest BCUT2D eigenvalue weighted by Crippen LogP contribution is 2.20. The molecule has 88 valence electrons. The van der Waals surface area contributed by atoms with Gasteiger partial charge in [0.15, 0.2) is 0 Å². The fourth-order valence-electron chi connectivity index (χ4n) is 1.19. The molecular formula is C11H12Cl3NO. The second-order valence-electron chi connectivity index (χ2n) is 3.28. The first-order chi connectivity index (χ1) is 7.65. The summed E-state index contributed by atoms with van der Waals surface area (Å²) >= 11 is 17.2. The van der Waals surface area contributed by atoms with Crippen molar-refractivity contribution >= 4 is 40.7 Å². The first kappa shape index (κ1) is 13.6. The minimum absolute atomic E-state index is 0.184. The molecule has 0 saturated carbocycles. The van der Waals surface area contributed by atoms with E-state index in [1.54, 1.807) is 18.2 Å². The number of rotatable bonds is 5. The van der Waals surface area contributed by atoms with Crippen LogP contribution in [0.2, 0.25) is 10.0 Å². The van der Waals surface area contributed by atoms with Crippen LogP contribution in [0.1, 0.15) is 23.2 Å². The fraction of sp³-hybridized carbons (Fsp3) is 0.364. The third kappa shape index (κ3) is 4.20. The van der Waals surface area contributed by atoms with Crippen molar-refractivity contribution < 1.29 is 4.79 Å². The van der Waals surface area contributed by atoms with Gasteiger partial charge in [-0.3, -0.25) is 4.79 Å². The Kier molecular flexibility index (Phi) is 5.96. The van der Waals surface area contributed by atoms with Crippen LogP contribution in [0.25, 0.3) is 0 Å². The molecule has 5 heteroatoms. The lowest BCUT2D eigenvalue weighted by Gasteiger charge is -2.06. The largest absolute Gasteiger partial charge is 0.352 e. The molecule has 2 nitrogen and oxygen atoms in total. The molecule has 1 aromatic rings. The van der Waals surface area contributed by atoms with Crippen molar-refractivity contribution in [2.75, 3.05) is 12.4 Å². The van der Waals surface area contributed by atoms with E-state index in [2.05, 4.69) is 5.32 Å². The Bertz CT molecular complexity index is 368. The van der Waals surface area contributed by atoms with Gasteiger partial charge in [-0.05, 0) is 31.0 Å². The van der Waals surface area contributed by atoms with Gasteiger partial charge in [-0.1, -0.05) is 23.2 Å². The number of benzene rings is 1. The summed E-state index contributed by atoms with van der Waals surface area (Å²) in [6.45, 7) is 0.602. The predicted molar refractivity (Wildman–Crippen MR) is 68.7 cm³/mol. The van der Waals surface area contributed by atoms with Crippen LogP contribution in [-0.4, -0.2) is 18.3 Å². The molecule has 0 aliphatic carbocycles. The zero-order valence-electron chi connectivity index (χ0n) is 8.60. The number of hydrogen-bond donors (Lipinski definition) is 1. The Labute approximate surface area is 110 Å². The highest BCUT2D eigenvalue weighted by atomic mass is 35.5. The average molecular weight is 281 g/mol. The quantitative estimate of drug-likeness (QED) is 0.646. The Morgan fingerprint density at radius 1 is 1.25 bits per heavy atom. The maximum Gasteiger partial charge on any atom is 0.252 e. The van der Waals surface area contributed by atoms with Crippen molar-refractivity contribution in [2.24, 2.45) is 0 Å². The second-order valence-corrected chi connectivity index (χ2v) is 4.50. The molecule has 1 rings (SSSR count). The summed E-state index contributed by atoms with van der Waals surface area (Å²) in [5.41, 5.74) is 0.442. The lowest BCUT2D eigenvalue weighted by Crippen LogP contribution is -2.24. The SMILES string of the molecule is O=C(NCCCCCl)c1ccc(Cl)cc1Cl. The molecule has 0 aliphatic rings. The van der Waals surface area contributed by atoms with E-state index in [1.165, 1.54) is 0 Å². The molecule has 0 unspecified atom stereocenters. The fourth-order valence-corrected chi connectivity index (χ4v) is 1.87. The molecule has 1 N–H and O–H groups in total. The van der Waals surface area contributed by atoms with Crippen LogP contribution in [0.15, 0.2) is 18.2 Å². The number of carbonyl (C=O) groups excluding carboxylic acids is 1. The van der Waals surface area contributed by atoms with E-state index < -0.39 is 0 Å². The van der Waals surface area contributed by atoms with Gasteiger partial charge in [-0.25, -0.2) is 0 Å². The van der Waals surface area contributed by atoms with Crippen LogP contribution >= 0.6 is 34.8 Å². The van der Waals surface area contributed by atoms with Crippen molar-refractivity contribution in [3.63, 3.8) is 0 Å². The summed E-state index contributed by atoms with van der Waals surface area (Å²) in [7, 11) is 0. The lowest BCUT2D eigenvalue weighted by atomic mass is 10.2. The zero-order chi connectivity index (χ0) is 12.0. The van der Waals surface area contributed by atoms with Crippen molar-refractivity contribution in [2.45, 2.75) is 12.8 Å². The van der Waals surface area contributed by atoms with Crippen LogP contribution in [0, 0.1) is 0 Å². The molecule has 0 fully saturated rings. The van der Waals surface area contributed by atoms with Gasteiger partial charge in [0.1, 0.15) is 0 Å². The zero-order valence-corrected chi connectivity index (χ0v) is 10.9. The van der Waals surface area contributed by atoms with E-state index >= 15 is 0 Å². The van der Waals surface area contributed by atoms with E-state index in [0.717, 1.165) is 12.8 Å². The monoisotopic (exact) mass is 279 g/mol. The maximum absolute atomic E-state index is 11.7. The third-order valence-corrected chi connectivity index (χ3v) is 2.84. The standard InChI is InChI=1S/C11H12Cl3NO/c12-5-1-2-6-15-11(16)9-4-3-8(13)7-10(9)14/h3-4,7H,1-2,5-6H2,(H,15,16). The molecule has 0 bridgehead atoms. The average Bonchev–Trinajstić information content (AvgIpc) is 2.24. The molecule has 0 spiro atoms. The summed E-state index contributed by atoms with van der Waals surface area (Å²) < 4.78 is 0. The van der Waals surface area contributed by atoms with Crippen LogP contribution in [0.4, 0.5) is 0 Å². The van der Waals surface area contributed by atoms with Crippen LogP contribution in [-0.2, 0) is 0 Å². The topological polar surface area (TPSA) is 29.1 Å². The van der Waals surface area contributed by atoms with Crippen molar-refractivity contribution in [1.82, 2.24) is 5.32 Å². The molecule has 0 aliphatic heterocycles. The highest BCUT2D eigenvalue weighted by molar-refractivity contribution is 6.36. The van der Waals surface area contributed by atoms with E-state index in [4.69, 9.17) is 34.8 Å². The van der Waals surface area contributed by atoms with E-state index in [-0.39, 0.29) is 5.91 Å². The smallest absolute Gasteiger partial charge is 0.252 e. The maximum atomic E-state index is 11.7. The van der Waals surface area contributed by atoms with Gasteiger partial charge in [0.2, 0.25) is 0 Å². The molecule has 0 radical (unpaired) electrons. The van der Waals surface area contributed by atoms with Crippen molar-refractivity contribution in [1.29, 1.82) is 0 Å². The number of unbranched alkanes of at least 4 members (excludes halogenated alkanes) is 1. The number of alkyl halides is 1. The summed E-state index contributed by atoms with van der Waals surface area (Å²) in [5.74, 6) is 0.425. The summed E-state index contributed by atoms with van der Waals surface area (Å²) in [6.07, 6.45) is 1.75. The summed E-state index contributed by atoms with van der Waals surface area (Å²) in [4.78, 5) is 11.7. The van der Waals surface area contributed by atoms with E-state index in [9.17, 15) is 4.79 Å². The van der Waals surface area contributed by atoms with E-state index in [0.29, 0.717) is 28.0 Å². The molecule has 1 amide bonds. The molecule has 1 aromatic carbocycles. The summed E-state index contributed by atoms with van der Waals surface area (Å²) in [5, 5.41) is 3.65. The first-order valence-corrected chi connectivity index (χ1v) is 6.23. The molecule has 0 saturated heterocycles. The number of carbonyl (C=O) groups is 1. The third-order valence-electron chi connectivity index (χ3n) is 2.02. The van der Waals surface area contributed by atoms with Gasteiger partial charge in [0.05, 0.1) is 10.6 Å². The Balaban J connectivity index is 2.53. The van der Waals surface area contributed by atoms with Gasteiger partial charge in [-0.2, -0.15) is 0 Å². The predicted octanol–water partition coefficient (Wildman–Crippen LogP) is 3.74. The van der Waals surface area contributed by atoms with Crippen molar-refractivity contribution in [3.8, 4) is 0 Å². The van der Waals surface area contributed by atoms with Crippen LogP contribution in [0.3, 0.4) is 0 Å². The number of halogens is 3. The minimum Gasteiger partial charge on any atom is -0.352 e. The molecule has 0 aromatic heterocycles. The Morgan fingerprint density at radius 3 is 2.62 bits per heavy atom. The molecule has 16 heavy (non-hydrogen) atoms. The Morgan fingerprint density at radius 2 is 2.00 bits per heavy atom.